The van der Waals surface area contributed by atoms with E-state index in [1.165, 1.54) is 0 Å². The minimum atomic E-state index is -0.190. The average molecular weight is 602 g/mol. The van der Waals surface area contributed by atoms with Gasteiger partial charge < -0.3 is 29.2 Å². The predicted octanol–water partition coefficient (Wildman–Crippen LogP) is 9.80. The molecule has 0 aliphatic carbocycles. The van der Waals surface area contributed by atoms with E-state index in [0.717, 1.165) is 99.4 Å². The number of para-hydroxylation sites is 3. The second kappa shape index (κ2) is 10.1. The number of hydrogen-bond donors (Lipinski definition) is 3. The zero-order valence-electron chi connectivity index (χ0n) is 25.7. The van der Waals surface area contributed by atoms with Crippen molar-refractivity contribution in [2.45, 2.75) is 5.92 Å². The maximum absolute atomic E-state index is 5.96. The van der Waals surface area contributed by atoms with E-state index in [4.69, 9.17) is 14.2 Å². The van der Waals surface area contributed by atoms with Crippen LogP contribution in [0.15, 0.2) is 109 Å². The number of rotatable bonds is 6. The molecule has 0 spiro atoms. The molecule has 3 heterocycles. The summed E-state index contributed by atoms with van der Waals surface area (Å²) in [6.45, 7) is 0. The molecule has 0 aliphatic rings. The Morgan fingerprint density at radius 2 is 0.696 bits per heavy atom. The summed E-state index contributed by atoms with van der Waals surface area (Å²) in [6.07, 6.45) is 0. The summed E-state index contributed by atoms with van der Waals surface area (Å²) < 4.78 is 17.9. The Bertz CT molecular complexity index is 2330. The van der Waals surface area contributed by atoms with Crippen LogP contribution in [-0.4, -0.2) is 36.3 Å². The van der Waals surface area contributed by atoms with Gasteiger partial charge in [-0.15, -0.1) is 0 Å². The van der Waals surface area contributed by atoms with E-state index in [-0.39, 0.29) is 5.92 Å². The molecule has 3 N–H and O–H groups in total. The molecule has 0 bridgehead atoms. The van der Waals surface area contributed by atoms with Crippen LogP contribution < -0.4 is 14.2 Å². The standard InChI is InChI=1S/C40H31N3O3/c1-44-31-19-16-25(38-35(31)22-10-4-7-13-28(22)41-38)34(26-17-20-32(45-2)36-23-11-5-8-14-29(23)42-39(26)36)27-18-21-33(46-3)37-24-12-6-9-15-30(24)43-40(27)37/h4-21,34,41-43H,1-3H3. The van der Waals surface area contributed by atoms with Crippen molar-refractivity contribution in [3.05, 3.63) is 126 Å². The third kappa shape index (κ3) is 3.64. The van der Waals surface area contributed by atoms with Crippen LogP contribution in [0.5, 0.6) is 17.2 Å². The van der Waals surface area contributed by atoms with Gasteiger partial charge in [0.25, 0.3) is 0 Å². The quantitative estimate of drug-likeness (QED) is 0.166. The van der Waals surface area contributed by atoms with Crippen molar-refractivity contribution in [3.8, 4) is 17.2 Å². The van der Waals surface area contributed by atoms with Crippen LogP contribution in [0.1, 0.15) is 22.6 Å². The number of H-pyrrole nitrogens is 3. The lowest BCUT2D eigenvalue weighted by atomic mass is 9.82. The van der Waals surface area contributed by atoms with Crippen molar-refractivity contribution in [1.29, 1.82) is 0 Å². The molecule has 46 heavy (non-hydrogen) atoms. The van der Waals surface area contributed by atoms with E-state index >= 15 is 0 Å². The molecule has 0 saturated carbocycles. The number of methoxy groups -OCH3 is 3. The highest BCUT2D eigenvalue weighted by molar-refractivity contribution is 6.15. The second-order valence-corrected chi connectivity index (χ2v) is 11.8. The first-order valence-corrected chi connectivity index (χ1v) is 15.4. The first-order chi connectivity index (χ1) is 22.7. The maximum atomic E-state index is 5.96. The highest BCUT2D eigenvalue weighted by Crippen LogP contribution is 2.48. The molecule has 0 atom stereocenters. The van der Waals surface area contributed by atoms with Gasteiger partial charge >= 0.3 is 0 Å². The third-order valence-electron chi connectivity index (χ3n) is 9.56. The minimum absolute atomic E-state index is 0.190. The van der Waals surface area contributed by atoms with Gasteiger partial charge in [0, 0.05) is 54.8 Å². The molecular formula is C40H31N3O3. The Morgan fingerprint density at radius 1 is 0.391 bits per heavy atom. The number of ether oxygens (including phenoxy) is 3. The molecular weight excluding hydrogens is 570 g/mol. The summed E-state index contributed by atoms with van der Waals surface area (Å²) in [5.41, 5.74) is 9.77. The third-order valence-corrected chi connectivity index (χ3v) is 9.56. The average Bonchev–Trinajstić information content (AvgIpc) is 3.81. The summed E-state index contributed by atoms with van der Waals surface area (Å²) >= 11 is 0. The van der Waals surface area contributed by atoms with Gasteiger partial charge in [0.15, 0.2) is 0 Å². The minimum Gasteiger partial charge on any atom is -0.496 e. The first-order valence-electron chi connectivity index (χ1n) is 15.4. The van der Waals surface area contributed by atoms with Gasteiger partial charge in [0.2, 0.25) is 0 Å². The summed E-state index contributed by atoms with van der Waals surface area (Å²) in [7, 11) is 5.22. The van der Waals surface area contributed by atoms with Crippen LogP contribution in [0.25, 0.3) is 65.4 Å². The molecule has 6 heteroatoms. The van der Waals surface area contributed by atoms with Gasteiger partial charge in [0.05, 0.1) is 37.9 Å². The summed E-state index contributed by atoms with van der Waals surface area (Å²) in [5, 5.41) is 6.61. The van der Waals surface area contributed by atoms with Gasteiger partial charge in [-0.1, -0.05) is 72.8 Å². The largest absolute Gasteiger partial charge is 0.496 e. The normalized spacial score (nSPS) is 12.0. The number of aromatic nitrogens is 3. The molecule has 0 fully saturated rings. The van der Waals surface area contributed by atoms with Crippen LogP contribution in [-0.2, 0) is 0 Å². The van der Waals surface area contributed by atoms with Gasteiger partial charge in [-0.3, -0.25) is 0 Å². The Labute approximate surface area is 264 Å². The fraction of sp³-hybridized carbons (Fsp3) is 0.100. The number of benzene rings is 6. The van der Waals surface area contributed by atoms with Crippen LogP contribution in [0.4, 0.5) is 0 Å². The Hall–Kier alpha value is -5.88. The van der Waals surface area contributed by atoms with Crippen molar-refractivity contribution < 1.29 is 14.2 Å². The Morgan fingerprint density at radius 3 is 1.00 bits per heavy atom. The summed E-state index contributed by atoms with van der Waals surface area (Å²) in [5.74, 6) is 2.33. The van der Waals surface area contributed by atoms with E-state index in [2.05, 4.69) is 124 Å². The zero-order chi connectivity index (χ0) is 30.9. The Kier molecular flexibility index (Phi) is 5.81. The van der Waals surface area contributed by atoms with Crippen molar-refractivity contribution in [2.75, 3.05) is 21.3 Å². The highest BCUT2D eigenvalue weighted by Gasteiger charge is 2.29. The molecule has 3 aromatic heterocycles. The smallest absolute Gasteiger partial charge is 0.128 e. The number of nitrogens with one attached hydrogen (secondary N) is 3. The SMILES string of the molecule is COc1ccc(C(c2ccc(OC)c3c2[nH]c2ccccc23)c2ccc(OC)c3c2[nH]c2ccccc23)c2[nH]c3ccccc3c12. The van der Waals surface area contributed by atoms with Gasteiger partial charge in [0.1, 0.15) is 17.2 Å². The number of fused-ring (bicyclic) bond motifs is 9. The molecule has 9 aromatic rings. The maximum Gasteiger partial charge on any atom is 0.128 e. The highest BCUT2D eigenvalue weighted by atomic mass is 16.5. The monoisotopic (exact) mass is 601 g/mol. The predicted molar refractivity (Wildman–Crippen MR) is 188 cm³/mol. The fourth-order valence-corrected chi connectivity index (χ4v) is 7.57. The molecule has 0 radical (unpaired) electrons. The van der Waals surface area contributed by atoms with Crippen molar-refractivity contribution in [2.24, 2.45) is 0 Å². The van der Waals surface area contributed by atoms with E-state index in [9.17, 15) is 0 Å². The van der Waals surface area contributed by atoms with Crippen LogP contribution in [0.2, 0.25) is 0 Å². The van der Waals surface area contributed by atoms with Crippen molar-refractivity contribution in [3.63, 3.8) is 0 Å². The van der Waals surface area contributed by atoms with E-state index in [1.54, 1.807) is 21.3 Å². The molecule has 0 aliphatic heterocycles. The lowest BCUT2D eigenvalue weighted by Crippen LogP contribution is -2.07. The second-order valence-electron chi connectivity index (χ2n) is 11.8. The first kappa shape index (κ1) is 26.5. The van der Waals surface area contributed by atoms with Crippen LogP contribution in [0.3, 0.4) is 0 Å². The molecule has 6 aromatic carbocycles. The molecule has 0 amide bonds. The van der Waals surface area contributed by atoms with E-state index in [0.29, 0.717) is 0 Å². The molecule has 224 valence electrons. The lowest BCUT2D eigenvalue weighted by Gasteiger charge is -2.23. The van der Waals surface area contributed by atoms with Gasteiger partial charge in [-0.25, -0.2) is 0 Å². The van der Waals surface area contributed by atoms with E-state index < -0.39 is 0 Å². The topological polar surface area (TPSA) is 75.1 Å². The number of hydrogen-bond acceptors (Lipinski definition) is 3. The molecule has 0 unspecified atom stereocenters. The van der Waals surface area contributed by atoms with E-state index in [1.807, 2.05) is 0 Å². The van der Waals surface area contributed by atoms with Crippen molar-refractivity contribution >= 4 is 65.4 Å². The van der Waals surface area contributed by atoms with Gasteiger partial charge in [-0.2, -0.15) is 0 Å². The van der Waals surface area contributed by atoms with Crippen LogP contribution in [0, 0.1) is 0 Å². The Balaban J connectivity index is 1.46. The molecule has 9 rings (SSSR count). The van der Waals surface area contributed by atoms with Crippen molar-refractivity contribution in [1.82, 2.24) is 15.0 Å². The fourth-order valence-electron chi connectivity index (χ4n) is 7.57. The van der Waals surface area contributed by atoms with Gasteiger partial charge in [-0.05, 0) is 53.1 Å². The zero-order valence-corrected chi connectivity index (χ0v) is 25.7. The summed E-state index contributed by atoms with van der Waals surface area (Å²) in [4.78, 5) is 11.4. The summed E-state index contributed by atoms with van der Waals surface area (Å²) in [6, 6.07) is 38.2. The molecule has 0 saturated heterocycles. The van der Waals surface area contributed by atoms with Crippen LogP contribution >= 0.6 is 0 Å². The molecule has 6 nitrogen and oxygen atoms in total. The lowest BCUT2D eigenvalue weighted by molar-refractivity contribution is 0.420. The number of aromatic amines is 3.